The van der Waals surface area contributed by atoms with Crippen LogP contribution in [0.3, 0.4) is 0 Å². The molecule has 0 aliphatic carbocycles. The van der Waals surface area contributed by atoms with E-state index in [1.807, 2.05) is 24.3 Å². The Hall–Kier alpha value is -3.91. The van der Waals surface area contributed by atoms with E-state index in [0.29, 0.717) is 36.8 Å². The van der Waals surface area contributed by atoms with Crippen molar-refractivity contribution < 1.29 is 28.7 Å². The van der Waals surface area contributed by atoms with E-state index in [1.165, 1.54) is 18.3 Å². The maximum atomic E-state index is 12.8. The lowest BCUT2D eigenvalue weighted by molar-refractivity contribution is -0.202. The first-order valence-corrected chi connectivity index (χ1v) is 16.3. The Kier molecular flexibility index (Phi) is 12.0. The molecule has 46 heavy (non-hydrogen) atoms. The molecule has 0 radical (unpaired) electrons. The number of amides is 4. The molecule has 2 aromatic rings. The Balaban J connectivity index is 1.77. The van der Waals surface area contributed by atoms with Gasteiger partial charge in [-0.05, 0) is 70.7 Å². The van der Waals surface area contributed by atoms with Crippen LogP contribution in [0.2, 0.25) is 0 Å². The number of nitrogens with one attached hydrogen (secondary N) is 4. The normalized spacial score (nSPS) is 16.9. The number of benzene rings is 1. The number of nitrogens with two attached hydrogens (primary N) is 1. The number of thiazole rings is 1. The van der Waals surface area contributed by atoms with Gasteiger partial charge in [0.15, 0.2) is 5.13 Å². The Morgan fingerprint density at radius 2 is 1.72 bits per heavy atom. The van der Waals surface area contributed by atoms with Crippen LogP contribution in [-0.4, -0.2) is 65.5 Å². The molecule has 4 amide bonds. The highest BCUT2D eigenvalue weighted by Gasteiger charge is 2.50. The lowest BCUT2D eigenvalue weighted by Gasteiger charge is -2.42. The average molecular weight is 660 g/mol. The molecule has 13 nitrogen and oxygen atoms in total. The topological polar surface area (TPSA) is 177 Å². The predicted octanol–water partition coefficient (Wildman–Crippen LogP) is 4.58. The average Bonchev–Trinajstić information content (AvgIpc) is 3.30. The van der Waals surface area contributed by atoms with Crippen LogP contribution in [0.5, 0.6) is 0 Å². The molecule has 14 heteroatoms. The molecule has 1 fully saturated rings. The molecule has 1 aliphatic heterocycles. The summed E-state index contributed by atoms with van der Waals surface area (Å²) in [5.41, 5.74) is 6.37. The molecule has 1 aromatic heterocycles. The van der Waals surface area contributed by atoms with Gasteiger partial charge in [0.05, 0.1) is 17.0 Å². The fourth-order valence-corrected chi connectivity index (χ4v) is 6.20. The molecule has 0 saturated carbocycles. The predicted molar refractivity (Wildman–Crippen MR) is 178 cm³/mol. The number of alkyl carbamates (subject to hydrolysis) is 1. The lowest BCUT2D eigenvalue weighted by Crippen LogP contribution is -2.59. The lowest BCUT2D eigenvalue weighted by atomic mass is 9.90. The zero-order chi connectivity index (χ0) is 34.3. The van der Waals surface area contributed by atoms with Crippen molar-refractivity contribution in [3.8, 4) is 0 Å². The number of primary amides is 1. The zero-order valence-corrected chi connectivity index (χ0v) is 29.0. The van der Waals surface area contributed by atoms with Crippen molar-refractivity contribution in [3.05, 3.63) is 40.4 Å². The van der Waals surface area contributed by atoms with Gasteiger partial charge in [-0.2, -0.15) is 0 Å². The first-order chi connectivity index (χ1) is 21.4. The van der Waals surface area contributed by atoms with Crippen molar-refractivity contribution in [2.24, 2.45) is 17.1 Å². The largest absolute Gasteiger partial charge is 0.412 e. The van der Waals surface area contributed by atoms with E-state index in [9.17, 15) is 19.2 Å². The Labute approximate surface area is 275 Å². The zero-order valence-electron chi connectivity index (χ0n) is 28.2. The molecule has 6 N–H and O–H groups in total. The fraction of sp³-hybridized carbons (Fsp3) is 0.594. The number of rotatable bonds is 11. The summed E-state index contributed by atoms with van der Waals surface area (Å²) in [6.07, 6.45) is 1.24. The van der Waals surface area contributed by atoms with E-state index in [1.54, 1.807) is 48.6 Å². The summed E-state index contributed by atoms with van der Waals surface area (Å²) < 4.78 is 11.2. The Morgan fingerprint density at radius 3 is 2.28 bits per heavy atom. The first-order valence-electron chi connectivity index (χ1n) is 15.5. The van der Waals surface area contributed by atoms with E-state index in [2.05, 4.69) is 26.2 Å². The van der Waals surface area contributed by atoms with Crippen molar-refractivity contribution in [2.45, 2.75) is 92.1 Å². The summed E-state index contributed by atoms with van der Waals surface area (Å²) in [5, 5.41) is 11.9. The highest BCUT2D eigenvalue weighted by Crippen LogP contribution is 2.37. The van der Waals surface area contributed by atoms with Crippen LogP contribution in [0.4, 0.5) is 20.4 Å². The molecule has 254 valence electrons. The van der Waals surface area contributed by atoms with E-state index < -0.39 is 29.1 Å². The minimum absolute atomic E-state index is 0.0410. The number of hydrogen-bond donors (Lipinski definition) is 5. The summed E-state index contributed by atoms with van der Waals surface area (Å²) in [6.45, 7) is 14.4. The van der Waals surface area contributed by atoms with E-state index in [4.69, 9.17) is 20.2 Å². The molecule has 0 bridgehead atoms. The minimum Gasteiger partial charge on any atom is -0.387 e. The second-order valence-electron chi connectivity index (χ2n) is 13.6. The first kappa shape index (κ1) is 36.6. The monoisotopic (exact) mass is 659 g/mol. The fourth-order valence-electron chi connectivity index (χ4n) is 5.10. The van der Waals surface area contributed by atoms with Crippen molar-refractivity contribution in [2.75, 3.05) is 30.8 Å². The van der Waals surface area contributed by atoms with Crippen LogP contribution < -0.4 is 27.0 Å². The van der Waals surface area contributed by atoms with Crippen LogP contribution >= 0.6 is 11.3 Å². The van der Waals surface area contributed by atoms with Crippen molar-refractivity contribution in [1.29, 1.82) is 0 Å². The molecule has 1 saturated heterocycles. The van der Waals surface area contributed by atoms with Crippen molar-refractivity contribution >= 4 is 46.2 Å². The van der Waals surface area contributed by atoms with E-state index in [0.717, 1.165) is 35.5 Å². The quantitative estimate of drug-likeness (QED) is 0.216. The van der Waals surface area contributed by atoms with Gasteiger partial charge in [0.2, 0.25) is 11.8 Å². The van der Waals surface area contributed by atoms with Crippen LogP contribution in [0.25, 0.3) is 0 Å². The van der Waals surface area contributed by atoms with Gasteiger partial charge in [-0.3, -0.25) is 14.5 Å². The molecule has 1 aliphatic rings. The summed E-state index contributed by atoms with van der Waals surface area (Å²) in [7, 11) is 1.67. The third-order valence-corrected chi connectivity index (χ3v) is 8.41. The van der Waals surface area contributed by atoms with Gasteiger partial charge in [-0.1, -0.05) is 32.9 Å². The minimum atomic E-state index is -1.91. The van der Waals surface area contributed by atoms with Crippen LogP contribution in [0, 0.1) is 11.3 Å². The molecule has 2 heterocycles. The molecular weight excluding hydrogens is 610 g/mol. The highest BCUT2D eigenvalue weighted by molar-refractivity contribution is 7.15. The van der Waals surface area contributed by atoms with Crippen molar-refractivity contribution in [1.82, 2.24) is 20.5 Å². The molecule has 0 spiro atoms. The van der Waals surface area contributed by atoms with Crippen LogP contribution in [0.1, 0.15) is 77.4 Å². The second kappa shape index (κ2) is 15.1. The number of aryl methyl sites for hydroxylation is 2. The van der Waals surface area contributed by atoms with Gasteiger partial charge in [0.25, 0.3) is 0 Å². The van der Waals surface area contributed by atoms with Gasteiger partial charge < -0.3 is 36.5 Å². The van der Waals surface area contributed by atoms with Gasteiger partial charge >= 0.3 is 18.1 Å². The Bertz CT molecular complexity index is 1380. The SMILES string of the molecule is CNC(=O)[C@H]1CCCN(Cc2sc(NC(C)=O)nc2CCc2ccc(NC(OC(N)=O)(OC(=O)NC(C)(C)C)C(C)(C)C)cc2)C1. The number of likely N-dealkylation sites (tertiary alicyclic amines) is 1. The number of carbonyl (C=O) groups excluding carboxylic acids is 4. The van der Waals surface area contributed by atoms with Gasteiger partial charge in [-0.15, -0.1) is 11.3 Å². The molecule has 1 aromatic carbocycles. The number of nitrogens with zero attached hydrogens (tertiary/aromatic N) is 2. The van der Waals surface area contributed by atoms with E-state index >= 15 is 0 Å². The van der Waals surface area contributed by atoms with E-state index in [-0.39, 0.29) is 17.7 Å². The molecule has 1 unspecified atom stereocenters. The maximum absolute atomic E-state index is 12.8. The third kappa shape index (κ3) is 10.6. The second-order valence-corrected chi connectivity index (χ2v) is 14.7. The standard InChI is InChI=1S/C32H49N7O6S/c1-20(40)35-28-36-24(25(46-28)19-39-17-9-10-22(18-39)26(41)34-8)16-13-21-11-14-23(15-12-21)37-32(30(2,3)4,44-27(33)42)45-29(43)38-31(5,6)7/h11-12,14-15,22,37H,9-10,13,16-19H2,1-8H3,(H2,33,42)(H,34,41)(H,38,43)(H,35,36,40)/t22-,32?/m0/s1. The summed E-state index contributed by atoms with van der Waals surface area (Å²) in [6, 6.07) is 7.47. The highest BCUT2D eigenvalue weighted by atomic mass is 32.1. The van der Waals surface area contributed by atoms with Crippen LogP contribution in [0.15, 0.2) is 24.3 Å². The number of carbonyl (C=O) groups is 4. The molecular formula is C32H49N7O6S. The van der Waals surface area contributed by atoms with Gasteiger partial charge in [0, 0.05) is 43.2 Å². The number of aromatic nitrogens is 1. The molecule has 2 atom stereocenters. The smallest absolute Gasteiger partial charge is 0.387 e. The van der Waals surface area contributed by atoms with Crippen molar-refractivity contribution in [3.63, 3.8) is 0 Å². The van der Waals surface area contributed by atoms with Gasteiger partial charge in [0.1, 0.15) is 0 Å². The number of piperidine rings is 1. The summed E-state index contributed by atoms with van der Waals surface area (Å²) in [4.78, 5) is 56.8. The summed E-state index contributed by atoms with van der Waals surface area (Å²) in [5.74, 6) is -2.07. The molecule has 3 rings (SSSR count). The Morgan fingerprint density at radius 1 is 1.04 bits per heavy atom. The maximum Gasteiger partial charge on any atom is 0.412 e. The summed E-state index contributed by atoms with van der Waals surface area (Å²) >= 11 is 1.46. The number of ether oxygens (including phenoxy) is 2. The number of hydrogen-bond acceptors (Lipinski definition) is 10. The van der Waals surface area contributed by atoms with Crippen LogP contribution in [-0.2, 0) is 38.4 Å². The van der Waals surface area contributed by atoms with Gasteiger partial charge in [-0.25, -0.2) is 14.6 Å². The number of anilines is 2. The third-order valence-electron chi connectivity index (χ3n) is 7.41.